The monoisotopic (exact) mass is 384 g/mol. The summed E-state index contributed by atoms with van der Waals surface area (Å²) >= 11 is 0. The molecule has 2 aromatic heterocycles. The molecule has 0 spiro atoms. The summed E-state index contributed by atoms with van der Waals surface area (Å²) in [6, 6.07) is 5.44. The van der Waals surface area contributed by atoms with Gasteiger partial charge in [-0.25, -0.2) is 9.78 Å². The third kappa shape index (κ3) is 2.81. The Balaban J connectivity index is 2.26. The SMILES string of the molecule is C=C(c1ccc(OC)c(OC)c1)c1nc2c(c(=O)n(CC)c(=O)n2CC)n1C. The van der Waals surface area contributed by atoms with Gasteiger partial charge >= 0.3 is 5.69 Å². The molecule has 0 unspecified atom stereocenters. The van der Waals surface area contributed by atoms with Gasteiger partial charge in [0.1, 0.15) is 5.82 Å². The topological polar surface area (TPSA) is 80.3 Å². The van der Waals surface area contributed by atoms with E-state index in [1.807, 2.05) is 13.0 Å². The minimum Gasteiger partial charge on any atom is -0.493 e. The molecule has 0 aliphatic rings. The van der Waals surface area contributed by atoms with E-state index in [-0.39, 0.29) is 11.2 Å². The lowest BCUT2D eigenvalue weighted by atomic mass is 10.1. The lowest BCUT2D eigenvalue weighted by Gasteiger charge is -2.11. The lowest BCUT2D eigenvalue weighted by Crippen LogP contribution is -2.39. The van der Waals surface area contributed by atoms with E-state index >= 15 is 0 Å². The second-order valence-corrected chi connectivity index (χ2v) is 6.29. The highest BCUT2D eigenvalue weighted by Crippen LogP contribution is 2.32. The first-order valence-corrected chi connectivity index (χ1v) is 9.01. The summed E-state index contributed by atoms with van der Waals surface area (Å²) in [5, 5.41) is 0. The number of fused-ring (bicyclic) bond motifs is 1. The molecule has 0 N–H and O–H groups in total. The van der Waals surface area contributed by atoms with Crippen LogP contribution in [0.3, 0.4) is 0 Å². The first-order chi connectivity index (χ1) is 13.4. The summed E-state index contributed by atoms with van der Waals surface area (Å²) in [4.78, 5) is 30.0. The fourth-order valence-corrected chi connectivity index (χ4v) is 3.35. The molecule has 148 valence electrons. The van der Waals surface area contributed by atoms with E-state index < -0.39 is 0 Å². The molecule has 0 atom stereocenters. The molecule has 1 aromatic carbocycles. The molecule has 3 rings (SSSR count). The maximum atomic E-state index is 12.8. The molecule has 2 heterocycles. The Hall–Kier alpha value is -3.29. The van der Waals surface area contributed by atoms with Crippen LogP contribution in [0.25, 0.3) is 16.7 Å². The first kappa shape index (κ1) is 19.5. The number of aromatic nitrogens is 4. The molecule has 8 heteroatoms. The van der Waals surface area contributed by atoms with Gasteiger partial charge in [-0.3, -0.25) is 13.9 Å². The van der Waals surface area contributed by atoms with Crippen LogP contribution >= 0.6 is 0 Å². The molecule has 0 aliphatic carbocycles. The molecule has 3 aromatic rings. The van der Waals surface area contributed by atoms with Crippen LogP contribution in [-0.2, 0) is 20.1 Å². The van der Waals surface area contributed by atoms with Gasteiger partial charge in [-0.05, 0) is 31.5 Å². The maximum absolute atomic E-state index is 12.8. The highest BCUT2D eigenvalue weighted by Gasteiger charge is 2.21. The van der Waals surface area contributed by atoms with Crippen LogP contribution in [0.2, 0.25) is 0 Å². The third-order valence-electron chi connectivity index (χ3n) is 4.88. The summed E-state index contributed by atoms with van der Waals surface area (Å²) in [6.07, 6.45) is 0. The number of benzene rings is 1. The molecule has 0 saturated carbocycles. The van der Waals surface area contributed by atoms with Gasteiger partial charge in [0, 0.05) is 25.7 Å². The van der Waals surface area contributed by atoms with Crippen molar-refractivity contribution in [2.24, 2.45) is 7.05 Å². The van der Waals surface area contributed by atoms with Gasteiger partial charge in [0.05, 0.1) is 14.2 Å². The number of nitrogens with zero attached hydrogens (tertiary/aromatic N) is 4. The predicted octanol–water partition coefficient (Wildman–Crippen LogP) is 2.02. The van der Waals surface area contributed by atoms with Crippen molar-refractivity contribution in [3.05, 3.63) is 57.0 Å². The van der Waals surface area contributed by atoms with Crippen molar-refractivity contribution >= 4 is 16.7 Å². The van der Waals surface area contributed by atoms with Crippen LogP contribution in [0.4, 0.5) is 0 Å². The Kier molecular flexibility index (Phi) is 5.13. The van der Waals surface area contributed by atoms with Crippen molar-refractivity contribution in [2.45, 2.75) is 26.9 Å². The molecule has 0 bridgehead atoms. The summed E-state index contributed by atoms with van der Waals surface area (Å²) in [5.41, 5.74) is 1.41. The van der Waals surface area contributed by atoms with E-state index in [1.165, 1.54) is 9.13 Å². The molecular formula is C20H24N4O4. The molecule has 0 aliphatic heterocycles. The van der Waals surface area contributed by atoms with Crippen molar-refractivity contribution in [1.29, 1.82) is 0 Å². The van der Waals surface area contributed by atoms with Crippen molar-refractivity contribution in [3.63, 3.8) is 0 Å². The van der Waals surface area contributed by atoms with Gasteiger partial charge in [-0.1, -0.05) is 12.6 Å². The van der Waals surface area contributed by atoms with Gasteiger partial charge in [0.15, 0.2) is 22.7 Å². The van der Waals surface area contributed by atoms with Crippen molar-refractivity contribution in [1.82, 2.24) is 18.7 Å². The average Bonchev–Trinajstić information content (AvgIpc) is 3.04. The largest absolute Gasteiger partial charge is 0.493 e. The molecule has 28 heavy (non-hydrogen) atoms. The maximum Gasteiger partial charge on any atom is 0.332 e. The minimum atomic E-state index is -0.358. The Labute approximate surface area is 162 Å². The number of aryl methyl sites for hydroxylation is 2. The second kappa shape index (κ2) is 7.38. The minimum absolute atomic E-state index is 0.296. The fraction of sp³-hybridized carbons (Fsp3) is 0.350. The van der Waals surface area contributed by atoms with Gasteiger partial charge in [-0.15, -0.1) is 0 Å². The Morgan fingerprint density at radius 3 is 2.29 bits per heavy atom. The van der Waals surface area contributed by atoms with E-state index in [1.54, 1.807) is 44.9 Å². The van der Waals surface area contributed by atoms with E-state index in [4.69, 9.17) is 9.47 Å². The van der Waals surface area contributed by atoms with Crippen LogP contribution in [0, 0.1) is 0 Å². The molecule has 0 saturated heterocycles. The van der Waals surface area contributed by atoms with E-state index in [0.717, 1.165) is 5.56 Å². The summed E-state index contributed by atoms with van der Waals surface area (Å²) in [6.45, 7) is 8.49. The number of hydrogen-bond acceptors (Lipinski definition) is 5. The van der Waals surface area contributed by atoms with Crippen LogP contribution < -0.4 is 20.7 Å². The van der Waals surface area contributed by atoms with E-state index in [9.17, 15) is 9.59 Å². The number of hydrogen-bond donors (Lipinski definition) is 0. The van der Waals surface area contributed by atoms with Crippen molar-refractivity contribution < 1.29 is 9.47 Å². The molecule has 0 radical (unpaired) electrons. The third-order valence-corrected chi connectivity index (χ3v) is 4.88. The Morgan fingerprint density at radius 1 is 1.07 bits per heavy atom. The lowest BCUT2D eigenvalue weighted by molar-refractivity contribution is 0.355. The van der Waals surface area contributed by atoms with Gasteiger partial charge in [-0.2, -0.15) is 0 Å². The zero-order chi connectivity index (χ0) is 20.6. The van der Waals surface area contributed by atoms with Crippen molar-refractivity contribution in [2.75, 3.05) is 14.2 Å². The number of methoxy groups -OCH3 is 2. The normalized spacial score (nSPS) is 11.0. The zero-order valence-corrected chi connectivity index (χ0v) is 16.8. The van der Waals surface area contributed by atoms with Gasteiger partial charge in [0.2, 0.25) is 0 Å². The highest BCUT2D eigenvalue weighted by molar-refractivity contribution is 5.82. The molecular weight excluding hydrogens is 360 g/mol. The number of ether oxygens (including phenoxy) is 2. The molecule has 8 nitrogen and oxygen atoms in total. The van der Waals surface area contributed by atoms with Gasteiger partial charge < -0.3 is 14.0 Å². The van der Waals surface area contributed by atoms with E-state index in [0.29, 0.717) is 47.1 Å². The standard InChI is InChI=1S/C20H24N4O4/c1-7-23-18-16(19(25)24(8-2)20(23)26)22(4)17(21-18)12(3)13-9-10-14(27-5)15(11-13)28-6/h9-11H,3,7-8H2,1-2,4-6H3. The van der Waals surface area contributed by atoms with Crippen LogP contribution in [0.15, 0.2) is 34.4 Å². The Bertz CT molecular complexity index is 1180. The number of rotatable bonds is 6. The summed E-state index contributed by atoms with van der Waals surface area (Å²) < 4.78 is 15.1. The van der Waals surface area contributed by atoms with Gasteiger partial charge in [0.25, 0.3) is 5.56 Å². The highest BCUT2D eigenvalue weighted by atomic mass is 16.5. The molecule has 0 amide bonds. The fourth-order valence-electron chi connectivity index (χ4n) is 3.35. The smallest absolute Gasteiger partial charge is 0.332 e. The quantitative estimate of drug-likeness (QED) is 0.650. The van der Waals surface area contributed by atoms with Crippen LogP contribution in [-0.4, -0.2) is 32.9 Å². The average molecular weight is 384 g/mol. The molecule has 0 fully saturated rings. The summed E-state index contributed by atoms with van der Waals surface area (Å²) in [5.74, 6) is 1.68. The van der Waals surface area contributed by atoms with Crippen LogP contribution in [0.5, 0.6) is 11.5 Å². The van der Waals surface area contributed by atoms with Crippen LogP contribution in [0.1, 0.15) is 25.2 Å². The van der Waals surface area contributed by atoms with E-state index in [2.05, 4.69) is 11.6 Å². The summed E-state index contributed by atoms with van der Waals surface area (Å²) in [7, 11) is 4.88. The van der Waals surface area contributed by atoms with Crippen molar-refractivity contribution in [3.8, 4) is 11.5 Å². The zero-order valence-electron chi connectivity index (χ0n) is 16.8. The Morgan fingerprint density at radius 2 is 1.71 bits per heavy atom. The predicted molar refractivity (Wildman–Crippen MR) is 108 cm³/mol. The second-order valence-electron chi connectivity index (χ2n) is 6.29. The number of imidazole rings is 1. The first-order valence-electron chi connectivity index (χ1n) is 9.01.